The second-order valence-corrected chi connectivity index (χ2v) is 8.27. The molecule has 0 saturated carbocycles. The number of nitrogens with zero attached hydrogens (tertiary/aromatic N) is 3. The third-order valence-corrected chi connectivity index (χ3v) is 5.64. The SMILES string of the molecule is CCCC(=O)N[C@H](C)c1nnc(SCc2cccc(C)c2)n1-c1ccc(C)cc1. The van der Waals surface area contributed by atoms with Gasteiger partial charge < -0.3 is 5.32 Å². The van der Waals surface area contributed by atoms with Crippen LogP contribution in [-0.2, 0) is 10.5 Å². The normalized spacial score (nSPS) is 12.0. The van der Waals surface area contributed by atoms with Crippen molar-refractivity contribution in [3.8, 4) is 5.69 Å². The lowest BCUT2D eigenvalue weighted by molar-refractivity contribution is -0.121. The second-order valence-electron chi connectivity index (χ2n) is 7.33. The Morgan fingerprint density at radius 2 is 1.86 bits per heavy atom. The molecule has 0 unspecified atom stereocenters. The number of rotatable bonds is 8. The number of carbonyl (C=O) groups excluding carboxylic acids is 1. The fraction of sp³-hybridized carbons (Fsp3) is 0.348. The molecule has 29 heavy (non-hydrogen) atoms. The highest BCUT2D eigenvalue weighted by molar-refractivity contribution is 7.98. The van der Waals surface area contributed by atoms with E-state index in [4.69, 9.17) is 0 Å². The number of thioether (sulfide) groups is 1. The van der Waals surface area contributed by atoms with Crippen molar-refractivity contribution in [3.63, 3.8) is 0 Å². The van der Waals surface area contributed by atoms with Gasteiger partial charge in [0, 0.05) is 17.9 Å². The second kappa shape index (κ2) is 9.74. The van der Waals surface area contributed by atoms with Gasteiger partial charge in [-0.15, -0.1) is 10.2 Å². The molecule has 0 bridgehead atoms. The average molecular weight is 409 g/mol. The summed E-state index contributed by atoms with van der Waals surface area (Å²) in [6, 6.07) is 16.6. The van der Waals surface area contributed by atoms with Crippen LogP contribution in [0.25, 0.3) is 5.69 Å². The zero-order chi connectivity index (χ0) is 20.8. The molecular weight excluding hydrogens is 380 g/mol. The van der Waals surface area contributed by atoms with Gasteiger partial charge in [-0.25, -0.2) is 0 Å². The van der Waals surface area contributed by atoms with Crippen molar-refractivity contribution < 1.29 is 4.79 Å². The number of hydrogen-bond acceptors (Lipinski definition) is 4. The molecule has 0 aliphatic rings. The number of aromatic nitrogens is 3. The smallest absolute Gasteiger partial charge is 0.220 e. The van der Waals surface area contributed by atoms with Crippen LogP contribution in [0, 0.1) is 13.8 Å². The molecule has 1 aromatic heterocycles. The number of benzene rings is 2. The maximum Gasteiger partial charge on any atom is 0.220 e. The van der Waals surface area contributed by atoms with Gasteiger partial charge in [-0.05, 0) is 44.9 Å². The first-order chi connectivity index (χ1) is 14.0. The van der Waals surface area contributed by atoms with Gasteiger partial charge in [0.05, 0.1) is 6.04 Å². The van der Waals surface area contributed by atoms with Crippen molar-refractivity contribution in [3.05, 3.63) is 71.0 Å². The first kappa shape index (κ1) is 21.1. The third kappa shape index (κ3) is 5.48. The van der Waals surface area contributed by atoms with Crippen molar-refractivity contribution in [1.29, 1.82) is 0 Å². The van der Waals surface area contributed by atoms with E-state index >= 15 is 0 Å². The Hall–Kier alpha value is -2.60. The number of amides is 1. The van der Waals surface area contributed by atoms with E-state index in [1.807, 2.05) is 13.8 Å². The van der Waals surface area contributed by atoms with Crippen LogP contribution in [0.2, 0.25) is 0 Å². The highest BCUT2D eigenvalue weighted by Gasteiger charge is 2.21. The van der Waals surface area contributed by atoms with Crippen molar-refractivity contribution in [2.24, 2.45) is 0 Å². The summed E-state index contributed by atoms with van der Waals surface area (Å²) in [5.74, 6) is 1.58. The van der Waals surface area contributed by atoms with Gasteiger partial charge in [0.1, 0.15) is 0 Å². The Morgan fingerprint density at radius 3 is 2.55 bits per heavy atom. The van der Waals surface area contributed by atoms with Crippen molar-refractivity contribution in [1.82, 2.24) is 20.1 Å². The fourth-order valence-corrected chi connectivity index (χ4v) is 4.05. The third-order valence-electron chi connectivity index (χ3n) is 4.64. The van der Waals surface area contributed by atoms with Gasteiger partial charge in [0.25, 0.3) is 0 Å². The lowest BCUT2D eigenvalue weighted by atomic mass is 10.2. The van der Waals surface area contributed by atoms with Crippen molar-refractivity contribution in [2.45, 2.75) is 57.5 Å². The van der Waals surface area contributed by atoms with E-state index in [-0.39, 0.29) is 11.9 Å². The van der Waals surface area contributed by atoms with Crippen LogP contribution in [0.5, 0.6) is 0 Å². The molecule has 3 rings (SSSR count). The summed E-state index contributed by atoms with van der Waals surface area (Å²) in [6.45, 7) is 8.12. The summed E-state index contributed by atoms with van der Waals surface area (Å²) in [4.78, 5) is 12.1. The number of nitrogens with one attached hydrogen (secondary N) is 1. The molecule has 0 aliphatic carbocycles. The summed E-state index contributed by atoms with van der Waals surface area (Å²) < 4.78 is 2.05. The molecule has 0 saturated heterocycles. The summed E-state index contributed by atoms with van der Waals surface area (Å²) >= 11 is 1.65. The van der Waals surface area contributed by atoms with Crippen LogP contribution in [0.4, 0.5) is 0 Å². The minimum atomic E-state index is -0.226. The van der Waals surface area contributed by atoms with Gasteiger partial charge in [-0.3, -0.25) is 9.36 Å². The topological polar surface area (TPSA) is 59.8 Å². The largest absolute Gasteiger partial charge is 0.346 e. The molecule has 1 atom stereocenters. The maximum absolute atomic E-state index is 12.1. The Kier molecular flexibility index (Phi) is 7.09. The highest BCUT2D eigenvalue weighted by atomic mass is 32.2. The number of aryl methyl sites for hydroxylation is 2. The van der Waals surface area contributed by atoms with Crippen LogP contribution in [0.1, 0.15) is 55.2 Å². The molecular formula is C23H28N4OS. The summed E-state index contributed by atoms with van der Waals surface area (Å²) in [7, 11) is 0. The van der Waals surface area contributed by atoms with E-state index in [1.165, 1.54) is 16.7 Å². The molecule has 152 valence electrons. The molecule has 0 radical (unpaired) electrons. The Labute approximate surface area is 176 Å². The molecule has 3 aromatic rings. The highest BCUT2D eigenvalue weighted by Crippen LogP contribution is 2.28. The molecule has 0 aliphatic heterocycles. The van der Waals surface area contributed by atoms with E-state index < -0.39 is 0 Å². The lowest BCUT2D eigenvalue weighted by Crippen LogP contribution is -2.28. The summed E-state index contributed by atoms with van der Waals surface area (Å²) in [5.41, 5.74) is 4.69. The van der Waals surface area contributed by atoms with Gasteiger partial charge in [0.15, 0.2) is 11.0 Å². The predicted octanol–water partition coefficient (Wildman–Crippen LogP) is 5.15. The summed E-state index contributed by atoms with van der Waals surface area (Å²) in [6.07, 6.45) is 1.33. The molecule has 1 amide bonds. The van der Waals surface area contributed by atoms with E-state index in [0.29, 0.717) is 6.42 Å². The quantitative estimate of drug-likeness (QED) is 0.524. The fourth-order valence-electron chi connectivity index (χ4n) is 3.15. The van der Waals surface area contributed by atoms with Crippen LogP contribution in [-0.4, -0.2) is 20.7 Å². The molecule has 1 heterocycles. The number of hydrogen-bond donors (Lipinski definition) is 1. The monoisotopic (exact) mass is 408 g/mol. The van der Waals surface area contributed by atoms with Gasteiger partial charge >= 0.3 is 0 Å². The minimum absolute atomic E-state index is 0.0346. The Balaban J connectivity index is 1.90. The maximum atomic E-state index is 12.1. The molecule has 1 N–H and O–H groups in total. The molecule has 2 aromatic carbocycles. The first-order valence-electron chi connectivity index (χ1n) is 9.98. The Bertz CT molecular complexity index is 965. The van der Waals surface area contributed by atoms with E-state index in [0.717, 1.165) is 28.8 Å². The van der Waals surface area contributed by atoms with Gasteiger partial charge in [-0.2, -0.15) is 0 Å². The summed E-state index contributed by atoms with van der Waals surface area (Å²) in [5, 5.41) is 12.7. The number of carbonyl (C=O) groups is 1. The van der Waals surface area contributed by atoms with Crippen LogP contribution < -0.4 is 5.32 Å². The van der Waals surface area contributed by atoms with Crippen LogP contribution >= 0.6 is 11.8 Å². The van der Waals surface area contributed by atoms with Crippen molar-refractivity contribution >= 4 is 17.7 Å². The van der Waals surface area contributed by atoms with Gasteiger partial charge in [-0.1, -0.05) is 66.2 Å². The molecule has 6 heteroatoms. The lowest BCUT2D eigenvalue weighted by Gasteiger charge is -2.16. The van der Waals surface area contributed by atoms with Gasteiger partial charge in [0.2, 0.25) is 5.91 Å². The zero-order valence-corrected chi connectivity index (χ0v) is 18.3. The van der Waals surface area contributed by atoms with Crippen LogP contribution in [0.15, 0.2) is 53.7 Å². The predicted molar refractivity (Wildman–Crippen MR) is 118 cm³/mol. The minimum Gasteiger partial charge on any atom is -0.346 e. The van der Waals surface area contributed by atoms with Crippen LogP contribution in [0.3, 0.4) is 0 Å². The molecule has 0 spiro atoms. The Morgan fingerprint density at radius 1 is 1.10 bits per heavy atom. The average Bonchev–Trinajstić information content (AvgIpc) is 3.11. The van der Waals surface area contributed by atoms with E-state index in [1.54, 1.807) is 11.8 Å². The van der Waals surface area contributed by atoms with E-state index in [9.17, 15) is 4.79 Å². The molecule has 0 fully saturated rings. The van der Waals surface area contributed by atoms with E-state index in [2.05, 4.69) is 82.5 Å². The van der Waals surface area contributed by atoms with Crippen molar-refractivity contribution in [2.75, 3.05) is 0 Å². The zero-order valence-electron chi connectivity index (χ0n) is 17.5. The first-order valence-corrected chi connectivity index (χ1v) is 11.0. The standard InChI is InChI=1S/C23H28N4OS/c1-5-7-21(28)24-18(4)22-25-26-23(27(22)20-12-10-16(2)11-13-20)29-15-19-9-6-8-17(3)14-19/h6,8-14,18H,5,7,15H2,1-4H3,(H,24,28)/t18-/m1/s1. The molecule has 5 nitrogen and oxygen atoms in total.